The number of thiophene rings is 1. The Balaban J connectivity index is 1.80. The molecule has 1 saturated carbocycles. The van der Waals surface area contributed by atoms with Crippen LogP contribution in [0.3, 0.4) is 0 Å². The zero-order valence-electron chi connectivity index (χ0n) is 11.1. The van der Waals surface area contributed by atoms with E-state index in [1.165, 1.54) is 36.1 Å². The van der Waals surface area contributed by atoms with Gasteiger partial charge in [0, 0.05) is 10.8 Å². The monoisotopic (exact) mass is 297 g/mol. The van der Waals surface area contributed by atoms with E-state index in [2.05, 4.69) is 11.4 Å². The van der Waals surface area contributed by atoms with Crippen molar-refractivity contribution in [3.63, 3.8) is 0 Å². The third kappa shape index (κ3) is 1.98. The quantitative estimate of drug-likeness (QED) is 0.780. The van der Waals surface area contributed by atoms with Gasteiger partial charge in [0.05, 0.1) is 10.4 Å². The summed E-state index contributed by atoms with van der Waals surface area (Å²) in [5.41, 5.74) is 1.49. The van der Waals surface area contributed by atoms with Crippen molar-refractivity contribution in [2.24, 2.45) is 0 Å². The van der Waals surface area contributed by atoms with Crippen molar-refractivity contribution < 1.29 is 4.74 Å². The highest BCUT2D eigenvalue weighted by molar-refractivity contribution is 7.16. The highest BCUT2D eigenvalue weighted by Gasteiger charge is 2.48. The summed E-state index contributed by atoms with van der Waals surface area (Å²) in [6.07, 6.45) is 7.80. The zero-order chi connectivity index (χ0) is 12.9. The predicted octanol–water partition coefficient (Wildman–Crippen LogP) is 4.04. The SMILES string of the molecule is Clc1cc2c(s1)C1(CCNCC1)OC1CCCCC21. The Bertz CT molecular complexity index is 480. The summed E-state index contributed by atoms with van der Waals surface area (Å²) in [5, 5.41) is 3.46. The molecule has 1 saturated heterocycles. The second-order valence-electron chi connectivity index (χ2n) is 6.13. The third-order valence-corrected chi connectivity index (χ3v) is 6.50. The van der Waals surface area contributed by atoms with Crippen LogP contribution in [0, 0.1) is 0 Å². The Hall–Kier alpha value is -0.0900. The van der Waals surface area contributed by atoms with E-state index in [4.69, 9.17) is 16.3 Å². The van der Waals surface area contributed by atoms with Crippen LogP contribution in [0.25, 0.3) is 0 Å². The number of halogens is 1. The Morgan fingerprint density at radius 3 is 2.89 bits per heavy atom. The highest BCUT2D eigenvalue weighted by atomic mass is 35.5. The van der Waals surface area contributed by atoms with Crippen molar-refractivity contribution in [2.45, 2.75) is 56.1 Å². The molecular formula is C15H20ClNOS. The number of rotatable bonds is 0. The van der Waals surface area contributed by atoms with Crippen LogP contribution in [0.2, 0.25) is 4.34 Å². The molecule has 1 spiro atoms. The molecular weight excluding hydrogens is 278 g/mol. The largest absolute Gasteiger partial charge is 0.365 e. The van der Waals surface area contributed by atoms with Gasteiger partial charge in [-0.1, -0.05) is 24.4 Å². The summed E-state index contributed by atoms with van der Waals surface area (Å²) in [7, 11) is 0. The number of hydrogen-bond donors (Lipinski definition) is 1. The molecule has 104 valence electrons. The van der Waals surface area contributed by atoms with Gasteiger partial charge in [0.15, 0.2) is 0 Å². The second-order valence-corrected chi connectivity index (χ2v) is 7.81. The van der Waals surface area contributed by atoms with E-state index in [0.29, 0.717) is 12.0 Å². The molecule has 1 aromatic rings. The van der Waals surface area contributed by atoms with E-state index in [1.807, 2.05) is 0 Å². The van der Waals surface area contributed by atoms with Crippen molar-refractivity contribution in [2.75, 3.05) is 13.1 Å². The lowest BCUT2D eigenvalue weighted by Gasteiger charge is -2.48. The minimum Gasteiger partial charge on any atom is -0.365 e. The van der Waals surface area contributed by atoms with Crippen LogP contribution in [-0.4, -0.2) is 19.2 Å². The average Bonchev–Trinajstić information content (AvgIpc) is 2.83. The molecule has 1 aromatic heterocycles. The minimum atomic E-state index is -0.0309. The van der Waals surface area contributed by atoms with E-state index in [-0.39, 0.29) is 5.60 Å². The normalized spacial score (nSPS) is 32.9. The molecule has 4 heteroatoms. The Labute approximate surface area is 123 Å². The number of ether oxygens (including phenoxy) is 1. The lowest BCUT2D eigenvalue weighted by Crippen LogP contribution is -2.48. The predicted molar refractivity (Wildman–Crippen MR) is 79.2 cm³/mol. The molecule has 0 radical (unpaired) electrons. The van der Waals surface area contributed by atoms with Gasteiger partial charge in [-0.2, -0.15) is 0 Å². The number of hydrogen-bond acceptors (Lipinski definition) is 3. The molecule has 1 aliphatic carbocycles. The van der Waals surface area contributed by atoms with Gasteiger partial charge in [-0.25, -0.2) is 0 Å². The Kier molecular flexibility index (Phi) is 3.14. The smallest absolute Gasteiger partial charge is 0.105 e. The van der Waals surface area contributed by atoms with E-state index < -0.39 is 0 Å². The van der Waals surface area contributed by atoms with Crippen molar-refractivity contribution in [3.8, 4) is 0 Å². The molecule has 1 N–H and O–H groups in total. The molecule has 0 bridgehead atoms. The molecule has 3 aliphatic rings. The maximum atomic E-state index is 6.67. The maximum Gasteiger partial charge on any atom is 0.105 e. The van der Waals surface area contributed by atoms with Crippen LogP contribution in [0.1, 0.15) is 54.9 Å². The molecule has 19 heavy (non-hydrogen) atoms. The van der Waals surface area contributed by atoms with Gasteiger partial charge in [0.2, 0.25) is 0 Å². The molecule has 4 rings (SSSR count). The molecule has 2 unspecified atom stereocenters. The first-order valence-corrected chi connectivity index (χ1v) is 8.66. The fourth-order valence-electron chi connectivity index (χ4n) is 4.12. The van der Waals surface area contributed by atoms with E-state index in [0.717, 1.165) is 30.3 Å². The van der Waals surface area contributed by atoms with Gasteiger partial charge < -0.3 is 10.1 Å². The van der Waals surface area contributed by atoms with Crippen LogP contribution in [0.15, 0.2) is 6.07 Å². The standard InChI is InChI=1S/C15H20ClNOS/c16-13-9-11-10-3-1-2-4-12(10)18-15(14(11)19-13)5-7-17-8-6-15/h9-10,12,17H,1-8H2. The number of nitrogens with one attached hydrogen (secondary N) is 1. The summed E-state index contributed by atoms with van der Waals surface area (Å²) in [6.45, 7) is 2.12. The van der Waals surface area contributed by atoms with Crippen molar-refractivity contribution in [1.29, 1.82) is 0 Å². The summed E-state index contributed by atoms with van der Waals surface area (Å²) in [6, 6.07) is 2.23. The number of piperidine rings is 1. The van der Waals surface area contributed by atoms with Gasteiger partial charge >= 0.3 is 0 Å². The lowest BCUT2D eigenvalue weighted by molar-refractivity contribution is -0.143. The topological polar surface area (TPSA) is 21.3 Å². The lowest BCUT2D eigenvalue weighted by atomic mass is 9.74. The van der Waals surface area contributed by atoms with Gasteiger partial charge in [0.25, 0.3) is 0 Å². The zero-order valence-corrected chi connectivity index (χ0v) is 12.7. The van der Waals surface area contributed by atoms with Gasteiger partial charge in [-0.05, 0) is 50.4 Å². The van der Waals surface area contributed by atoms with Gasteiger partial charge in [0.1, 0.15) is 5.60 Å². The molecule has 2 aliphatic heterocycles. The summed E-state index contributed by atoms with van der Waals surface area (Å²) in [5.74, 6) is 0.605. The van der Waals surface area contributed by atoms with Crippen LogP contribution < -0.4 is 5.32 Å². The molecule has 0 amide bonds. The van der Waals surface area contributed by atoms with Gasteiger partial charge in [-0.15, -0.1) is 11.3 Å². The second kappa shape index (κ2) is 4.73. The average molecular weight is 298 g/mol. The van der Waals surface area contributed by atoms with Crippen LogP contribution in [-0.2, 0) is 10.3 Å². The van der Waals surface area contributed by atoms with Crippen molar-refractivity contribution >= 4 is 22.9 Å². The van der Waals surface area contributed by atoms with Crippen LogP contribution in [0.4, 0.5) is 0 Å². The first-order valence-electron chi connectivity index (χ1n) is 7.47. The maximum absolute atomic E-state index is 6.67. The van der Waals surface area contributed by atoms with Crippen molar-refractivity contribution in [3.05, 3.63) is 20.8 Å². The molecule has 2 atom stereocenters. The Morgan fingerprint density at radius 2 is 2.05 bits per heavy atom. The van der Waals surface area contributed by atoms with Crippen molar-refractivity contribution in [1.82, 2.24) is 5.32 Å². The summed E-state index contributed by atoms with van der Waals surface area (Å²) < 4.78 is 7.61. The van der Waals surface area contributed by atoms with E-state index >= 15 is 0 Å². The summed E-state index contributed by atoms with van der Waals surface area (Å²) in [4.78, 5) is 1.45. The third-order valence-electron chi connectivity index (χ3n) is 5.03. The molecule has 2 nitrogen and oxygen atoms in total. The minimum absolute atomic E-state index is 0.0309. The van der Waals surface area contributed by atoms with Crippen LogP contribution >= 0.6 is 22.9 Å². The summed E-state index contributed by atoms with van der Waals surface area (Å²) >= 11 is 8.10. The highest BCUT2D eigenvalue weighted by Crippen LogP contribution is 2.54. The molecule has 3 heterocycles. The fraction of sp³-hybridized carbons (Fsp3) is 0.733. The molecule has 2 fully saturated rings. The van der Waals surface area contributed by atoms with E-state index in [1.54, 1.807) is 11.3 Å². The first-order chi connectivity index (χ1) is 9.28. The number of fused-ring (bicyclic) bond motifs is 4. The van der Waals surface area contributed by atoms with Crippen LogP contribution in [0.5, 0.6) is 0 Å². The molecule has 0 aromatic carbocycles. The van der Waals surface area contributed by atoms with Gasteiger partial charge in [-0.3, -0.25) is 0 Å². The fourth-order valence-corrected chi connectivity index (χ4v) is 5.61. The first kappa shape index (κ1) is 12.6. The Morgan fingerprint density at radius 1 is 1.26 bits per heavy atom. The van der Waals surface area contributed by atoms with E-state index in [9.17, 15) is 0 Å².